The van der Waals surface area contributed by atoms with Gasteiger partial charge in [0.1, 0.15) is 0 Å². The van der Waals surface area contributed by atoms with E-state index in [2.05, 4.69) is 50.5 Å². The third kappa shape index (κ3) is 3.34. The van der Waals surface area contributed by atoms with Crippen molar-refractivity contribution in [2.24, 2.45) is 10.9 Å². The summed E-state index contributed by atoms with van der Waals surface area (Å²) in [6.07, 6.45) is 5.88. The summed E-state index contributed by atoms with van der Waals surface area (Å²) in [6, 6.07) is 6.31. The fourth-order valence-corrected chi connectivity index (χ4v) is 1.72. The average Bonchev–Trinajstić information content (AvgIpc) is 2.26. The van der Waals surface area contributed by atoms with Gasteiger partial charge in [-0.2, -0.15) is 0 Å². The molecule has 0 N–H and O–H groups in total. The number of nitrogens with zero attached hydrogens (tertiary/aromatic N) is 1. The third-order valence-electron chi connectivity index (χ3n) is 2.40. The highest BCUT2D eigenvalue weighted by Gasteiger charge is 2.06. The minimum Gasteiger partial charge on any atom is -0.260 e. The Bertz CT molecular complexity index is 375. The molecule has 0 heterocycles. The van der Waals surface area contributed by atoms with Crippen LogP contribution in [-0.4, -0.2) is 6.21 Å². The molecule has 0 radical (unpaired) electrons. The molecule has 0 bridgehead atoms. The van der Waals surface area contributed by atoms with Gasteiger partial charge in [0.15, 0.2) is 0 Å². The van der Waals surface area contributed by atoms with E-state index < -0.39 is 0 Å². The molecule has 0 aliphatic heterocycles. The zero-order chi connectivity index (χ0) is 12.0. The van der Waals surface area contributed by atoms with Crippen molar-refractivity contribution >= 4 is 18.0 Å². The number of hydrogen-bond donors (Lipinski definition) is 0. The van der Waals surface area contributed by atoms with Crippen molar-refractivity contribution in [1.29, 1.82) is 0 Å². The number of aliphatic imine (C=N–C) groups is 1. The van der Waals surface area contributed by atoms with Crippen LogP contribution in [0.5, 0.6) is 0 Å². The van der Waals surface area contributed by atoms with Gasteiger partial charge >= 0.3 is 0 Å². The molecule has 1 aromatic rings. The fourth-order valence-electron chi connectivity index (χ4n) is 1.72. The molecule has 0 spiro atoms. The highest BCUT2D eigenvalue weighted by molar-refractivity contribution is 5.72. The van der Waals surface area contributed by atoms with Crippen molar-refractivity contribution in [1.82, 2.24) is 0 Å². The maximum Gasteiger partial charge on any atom is 0.0729 e. The van der Waals surface area contributed by atoms with E-state index in [4.69, 9.17) is 0 Å². The van der Waals surface area contributed by atoms with Gasteiger partial charge in [-0.15, -0.1) is 0 Å². The lowest BCUT2D eigenvalue weighted by atomic mass is 9.98. The van der Waals surface area contributed by atoms with Gasteiger partial charge in [0.25, 0.3) is 0 Å². The van der Waals surface area contributed by atoms with Crippen LogP contribution < -0.4 is 0 Å². The quantitative estimate of drug-likeness (QED) is 0.634. The first-order valence-electron chi connectivity index (χ1n) is 5.95. The lowest BCUT2D eigenvalue weighted by molar-refractivity contribution is 0.648. The Labute approximate surface area is 98.9 Å². The van der Waals surface area contributed by atoms with Crippen LogP contribution in [0.25, 0.3) is 6.08 Å². The van der Waals surface area contributed by atoms with Crippen LogP contribution in [0.15, 0.2) is 29.8 Å². The van der Waals surface area contributed by atoms with Gasteiger partial charge in [0.05, 0.1) is 5.69 Å². The molecule has 1 rings (SSSR count). The molecule has 0 atom stereocenters. The molecule has 1 aromatic carbocycles. The van der Waals surface area contributed by atoms with Gasteiger partial charge < -0.3 is 0 Å². The molecule has 0 fully saturated rings. The van der Waals surface area contributed by atoms with Crippen molar-refractivity contribution in [3.8, 4) is 0 Å². The maximum absolute atomic E-state index is 4.55. The lowest BCUT2D eigenvalue weighted by Gasteiger charge is -2.10. The lowest BCUT2D eigenvalue weighted by Crippen LogP contribution is -1.95. The molecule has 1 heteroatoms. The van der Waals surface area contributed by atoms with E-state index in [0.29, 0.717) is 5.92 Å². The monoisotopic (exact) mass is 215 g/mol. The number of para-hydroxylation sites is 1. The van der Waals surface area contributed by atoms with Crippen molar-refractivity contribution < 1.29 is 0 Å². The van der Waals surface area contributed by atoms with Gasteiger partial charge in [0, 0.05) is 6.21 Å². The van der Waals surface area contributed by atoms with Gasteiger partial charge in [-0.1, -0.05) is 51.6 Å². The predicted molar refractivity (Wildman–Crippen MR) is 73.5 cm³/mol. The highest BCUT2D eigenvalue weighted by Crippen LogP contribution is 2.27. The van der Waals surface area contributed by atoms with E-state index in [0.717, 1.165) is 24.1 Å². The van der Waals surface area contributed by atoms with E-state index in [1.807, 2.05) is 12.3 Å². The van der Waals surface area contributed by atoms with Crippen LogP contribution in [-0.2, 0) is 6.42 Å². The van der Waals surface area contributed by atoms with Gasteiger partial charge in [-0.05, 0) is 29.9 Å². The molecular weight excluding hydrogens is 194 g/mol. The van der Waals surface area contributed by atoms with Crippen molar-refractivity contribution in [3.05, 3.63) is 35.9 Å². The molecule has 0 amide bonds. The fraction of sp³-hybridized carbons (Fsp3) is 0.400. The molecule has 0 saturated heterocycles. The Morgan fingerprint density at radius 1 is 1.38 bits per heavy atom. The summed E-state index contributed by atoms with van der Waals surface area (Å²) in [5.41, 5.74) is 3.54. The van der Waals surface area contributed by atoms with Crippen molar-refractivity contribution in [3.63, 3.8) is 0 Å². The van der Waals surface area contributed by atoms with E-state index in [1.54, 1.807) is 0 Å². The average molecular weight is 215 g/mol. The van der Waals surface area contributed by atoms with Crippen LogP contribution in [0, 0.1) is 5.92 Å². The third-order valence-corrected chi connectivity index (χ3v) is 2.40. The second kappa shape index (κ2) is 6.26. The number of hydrogen-bond acceptors (Lipinski definition) is 1. The molecule has 0 unspecified atom stereocenters. The Kier molecular flexibility index (Phi) is 4.97. The van der Waals surface area contributed by atoms with Crippen molar-refractivity contribution in [2.45, 2.75) is 33.6 Å². The molecule has 0 aliphatic carbocycles. The van der Waals surface area contributed by atoms with Crippen LogP contribution in [0.3, 0.4) is 0 Å². The predicted octanol–water partition coefficient (Wildman–Crippen LogP) is 4.64. The Morgan fingerprint density at radius 3 is 2.69 bits per heavy atom. The SMILES string of the molecule is C=Cc1cccc(CC(C)C)c1N=CCC. The molecule has 16 heavy (non-hydrogen) atoms. The Morgan fingerprint density at radius 2 is 2.12 bits per heavy atom. The molecule has 1 nitrogen and oxygen atoms in total. The minimum atomic E-state index is 0.649. The molecule has 0 aliphatic rings. The molecule has 0 saturated carbocycles. The first-order valence-corrected chi connectivity index (χ1v) is 5.95. The summed E-state index contributed by atoms with van der Waals surface area (Å²) >= 11 is 0. The minimum absolute atomic E-state index is 0.649. The van der Waals surface area contributed by atoms with Gasteiger partial charge in [-0.3, -0.25) is 4.99 Å². The summed E-state index contributed by atoms with van der Waals surface area (Å²) in [6.45, 7) is 10.4. The second-order valence-electron chi connectivity index (χ2n) is 4.38. The molecular formula is C15H21N. The number of rotatable bonds is 5. The normalized spacial score (nSPS) is 11.2. The van der Waals surface area contributed by atoms with Crippen LogP contribution in [0.4, 0.5) is 5.69 Å². The Balaban J connectivity index is 3.14. The van der Waals surface area contributed by atoms with Gasteiger partial charge in [0.2, 0.25) is 0 Å². The zero-order valence-corrected chi connectivity index (χ0v) is 10.5. The van der Waals surface area contributed by atoms with Crippen molar-refractivity contribution in [2.75, 3.05) is 0 Å². The van der Waals surface area contributed by atoms with E-state index in [9.17, 15) is 0 Å². The van der Waals surface area contributed by atoms with Gasteiger partial charge in [-0.25, -0.2) is 0 Å². The second-order valence-corrected chi connectivity index (χ2v) is 4.38. The van der Waals surface area contributed by atoms with Crippen LogP contribution in [0.2, 0.25) is 0 Å². The number of benzene rings is 1. The first kappa shape index (κ1) is 12.7. The summed E-state index contributed by atoms with van der Waals surface area (Å²) in [7, 11) is 0. The topological polar surface area (TPSA) is 12.4 Å². The Hall–Kier alpha value is -1.37. The zero-order valence-electron chi connectivity index (χ0n) is 10.5. The van der Waals surface area contributed by atoms with E-state index >= 15 is 0 Å². The standard InChI is InChI=1S/C15H21N/c1-5-10-16-15-13(6-2)8-7-9-14(15)11-12(3)4/h6-10,12H,2,5,11H2,1,3-4H3. The van der Waals surface area contributed by atoms with E-state index in [1.165, 1.54) is 5.56 Å². The summed E-state index contributed by atoms with van der Waals surface area (Å²) < 4.78 is 0. The maximum atomic E-state index is 4.55. The summed E-state index contributed by atoms with van der Waals surface area (Å²) in [5, 5.41) is 0. The molecule has 86 valence electrons. The highest BCUT2D eigenvalue weighted by atomic mass is 14.7. The van der Waals surface area contributed by atoms with Crippen LogP contribution in [0.1, 0.15) is 38.3 Å². The van der Waals surface area contributed by atoms with Crippen LogP contribution >= 0.6 is 0 Å². The largest absolute Gasteiger partial charge is 0.260 e. The summed E-state index contributed by atoms with van der Waals surface area (Å²) in [5.74, 6) is 0.649. The smallest absolute Gasteiger partial charge is 0.0729 e. The summed E-state index contributed by atoms with van der Waals surface area (Å²) in [4.78, 5) is 4.55. The molecule has 0 aromatic heterocycles. The van der Waals surface area contributed by atoms with E-state index in [-0.39, 0.29) is 0 Å². The first-order chi connectivity index (χ1) is 7.69.